The molecule has 0 aliphatic heterocycles. The topological polar surface area (TPSA) is 68.2 Å². The summed E-state index contributed by atoms with van der Waals surface area (Å²) >= 11 is 0. The van der Waals surface area contributed by atoms with E-state index < -0.39 is 5.54 Å². The first kappa shape index (κ1) is 12.6. The van der Waals surface area contributed by atoms with Gasteiger partial charge in [-0.25, -0.2) is 0 Å². The van der Waals surface area contributed by atoms with Crippen LogP contribution in [0.15, 0.2) is 28.8 Å². The molecule has 5 heteroatoms. The maximum atomic E-state index is 5.93. The standard InChI is InChI=1S/C13H18N4O/c1-13(2,14)12-15-11(18-16-12)9-6-5-7-10(8-9)17(3)4/h5-8H,14H2,1-4H3. The molecule has 5 nitrogen and oxygen atoms in total. The summed E-state index contributed by atoms with van der Waals surface area (Å²) in [6.45, 7) is 3.69. The zero-order valence-corrected chi connectivity index (χ0v) is 11.1. The van der Waals surface area contributed by atoms with Crippen LogP contribution in [0.1, 0.15) is 19.7 Å². The molecule has 0 fully saturated rings. The van der Waals surface area contributed by atoms with E-state index >= 15 is 0 Å². The van der Waals surface area contributed by atoms with E-state index in [9.17, 15) is 0 Å². The molecule has 2 aromatic rings. The molecular formula is C13H18N4O. The molecule has 0 bridgehead atoms. The molecular weight excluding hydrogens is 228 g/mol. The lowest BCUT2D eigenvalue weighted by atomic mass is 10.1. The lowest BCUT2D eigenvalue weighted by Gasteiger charge is -2.12. The van der Waals surface area contributed by atoms with E-state index in [4.69, 9.17) is 10.3 Å². The van der Waals surface area contributed by atoms with E-state index in [1.807, 2.05) is 57.1 Å². The van der Waals surface area contributed by atoms with Crippen molar-refractivity contribution in [1.29, 1.82) is 0 Å². The van der Waals surface area contributed by atoms with E-state index in [1.54, 1.807) is 0 Å². The number of benzene rings is 1. The van der Waals surface area contributed by atoms with Gasteiger partial charge in [0.05, 0.1) is 5.54 Å². The zero-order valence-electron chi connectivity index (χ0n) is 11.1. The van der Waals surface area contributed by atoms with Crippen molar-refractivity contribution in [2.75, 3.05) is 19.0 Å². The smallest absolute Gasteiger partial charge is 0.258 e. The van der Waals surface area contributed by atoms with Crippen LogP contribution in [-0.2, 0) is 5.54 Å². The van der Waals surface area contributed by atoms with Gasteiger partial charge in [-0.3, -0.25) is 0 Å². The van der Waals surface area contributed by atoms with Gasteiger partial charge in [-0.1, -0.05) is 11.2 Å². The molecule has 0 radical (unpaired) electrons. The van der Waals surface area contributed by atoms with Crippen LogP contribution in [0.2, 0.25) is 0 Å². The van der Waals surface area contributed by atoms with Crippen molar-refractivity contribution >= 4 is 5.69 Å². The number of rotatable bonds is 3. The molecule has 1 aromatic heterocycles. The summed E-state index contributed by atoms with van der Waals surface area (Å²) in [5.74, 6) is 1.000. The fourth-order valence-electron chi connectivity index (χ4n) is 1.52. The van der Waals surface area contributed by atoms with Gasteiger partial charge in [0.25, 0.3) is 5.89 Å². The SMILES string of the molecule is CN(C)c1cccc(-c2nc(C(C)(C)N)no2)c1. The molecule has 2 N–H and O–H groups in total. The van der Waals surface area contributed by atoms with Crippen LogP contribution >= 0.6 is 0 Å². The van der Waals surface area contributed by atoms with Gasteiger partial charge in [0.15, 0.2) is 5.82 Å². The maximum absolute atomic E-state index is 5.93. The molecule has 0 unspecified atom stereocenters. The largest absolute Gasteiger partial charge is 0.378 e. The molecule has 1 heterocycles. The first-order valence-corrected chi connectivity index (χ1v) is 5.79. The number of hydrogen-bond donors (Lipinski definition) is 1. The van der Waals surface area contributed by atoms with Gasteiger partial charge in [0.1, 0.15) is 0 Å². The lowest BCUT2D eigenvalue weighted by Crippen LogP contribution is -2.30. The Morgan fingerprint density at radius 3 is 2.56 bits per heavy atom. The molecule has 2 rings (SSSR count). The van der Waals surface area contributed by atoms with Gasteiger partial charge in [-0.15, -0.1) is 0 Å². The minimum atomic E-state index is -0.596. The fourth-order valence-corrected chi connectivity index (χ4v) is 1.52. The third-order valence-corrected chi connectivity index (χ3v) is 2.61. The third kappa shape index (κ3) is 2.51. The number of anilines is 1. The molecule has 0 saturated heterocycles. The maximum Gasteiger partial charge on any atom is 0.258 e. The van der Waals surface area contributed by atoms with Crippen molar-refractivity contribution in [2.24, 2.45) is 5.73 Å². The quantitative estimate of drug-likeness (QED) is 0.897. The minimum absolute atomic E-state index is 0.493. The van der Waals surface area contributed by atoms with Crippen LogP contribution in [0.25, 0.3) is 11.5 Å². The van der Waals surface area contributed by atoms with Gasteiger partial charge in [-0.05, 0) is 32.0 Å². The van der Waals surface area contributed by atoms with E-state index in [0.29, 0.717) is 11.7 Å². The van der Waals surface area contributed by atoms with Crippen molar-refractivity contribution in [1.82, 2.24) is 10.1 Å². The molecule has 18 heavy (non-hydrogen) atoms. The van der Waals surface area contributed by atoms with E-state index in [2.05, 4.69) is 10.1 Å². The highest BCUT2D eigenvalue weighted by atomic mass is 16.5. The van der Waals surface area contributed by atoms with Crippen molar-refractivity contribution < 1.29 is 4.52 Å². The first-order chi connectivity index (χ1) is 8.38. The second-order valence-corrected chi connectivity index (χ2v) is 5.09. The molecule has 0 saturated carbocycles. The van der Waals surface area contributed by atoms with E-state index in [0.717, 1.165) is 11.3 Å². The number of aromatic nitrogens is 2. The van der Waals surface area contributed by atoms with Crippen LogP contribution in [0.5, 0.6) is 0 Å². The Balaban J connectivity index is 2.37. The highest BCUT2D eigenvalue weighted by Gasteiger charge is 2.22. The summed E-state index contributed by atoms with van der Waals surface area (Å²) in [5.41, 5.74) is 7.31. The predicted octanol–water partition coefficient (Wildman–Crippen LogP) is 2.00. The molecule has 1 aromatic carbocycles. The number of nitrogens with two attached hydrogens (primary N) is 1. The van der Waals surface area contributed by atoms with E-state index in [-0.39, 0.29) is 0 Å². The molecule has 0 spiro atoms. The van der Waals surface area contributed by atoms with Crippen molar-refractivity contribution in [3.8, 4) is 11.5 Å². The molecule has 96 valence electrons. The Kier molecular flexibility index (Phi) is 3.09. The Morgan fingerprint density at radius 2 is 2.00 bits per heavy atom. The summed E-state index contributed by atoms with van der Waals surface area (Å²) in [6, 6.07) is 7.92. The zero-order chi connectivity index (χ0) is 13.3. The minimum Gasteiger partial charge on any atom is -0.378 e. The van der Waals surface area contributed by atoms with Crippen LogP contribution in [0.4, 0.5) is 5.69 Å². The summed E-state index contributed by atoms with van der Waals surface area (Å²) in [7, 11) is 3.97. The average molecular weight is 246 g/mol. The van der Waals surface area contributed by atoms with Crippen molar-refractivity contribution in [3.05, 3.63) is 30.1 Å². The highest BCUT2D eigenvalue weighted by Crippen LogP contribution is 2.24. The van der Waals surface area contributed by atoms with Gasteiger partial charge in [-0.2, -0.15) is 4.98 Å². The normalized spacial score (nSPS) is 11.6. The summed E-state index contributed by atoms with van der Waals surface area (Å²) in [6.07, 6.45) is 0. The Bertz CT molecular complexity index is 540. The molecule has 0 atom stereocenters. The summed E-state index contributed by atoms with van der Waals surface area (Å²) in [4.78, 5) is 6.35. The van der Waals surface area contributed by atoms with Gasteiger partial charge in [0.2, 0.25) is 0 Å². The van der Waals surface area contributed by atoms with Crippen molar-refractivity contribution in [2.45, 2.75) is 19.4 Å². The van der Waals surface area contributed by atoms with E-state index in [1.165, 1.54) is 0 Å². The number of hydrogen-bond acceptors (Lipinski definition) is 5. The van der Waals surface area contributed by atoms with Gasteiger partial charge >= 0.3 is 0 Å². The molecule has 0 aliphatic rings. The first-order valence-electron chi connectivity index (χ1n) is 5.79. The van der Waals surface area contributed by atoms with Crippen LogP contribution in [0, 0.1) is 0 Å². The third-order valence-electron chi connectivity index (χ3n) is 2.61. The lowest BCUT2D eigenvalue weighted by molar-refractivity contribution is 0.397. The van der Waals surface area contributed by atoms with Crippen molar-refractivity contribution in [3.63, 3.8) is 0 Å². The summed E-state index contributed by atoms with van der Waals surface area (Å²) < 4.78 is 5.25. The average Bonchev–Trinajstić information content (AvgIpc) is 2.78. The van der Waals surface area contributed by atoms with Gasteiger partial charge < -0.3 is 15.2 Å². The number of nitrogens with zero attached hydrogens (tertiary/aromatic N) is 3. The highest BCUT2D eigenvalue weighted by molar-refractivity contribution is 5.61. The Morgan fingerprint density at radius 1 is 1.28 bits per heavy atom. The van der Waals surface area contributed by atoms with Crippen LogP contribution in [-0.4, -0.2) is 24.2 Å². The summed E-state index contributed by atoms with van der Waals surface area (Å²) in [5, 5.41) is 3.91. The second-order valence-electron chi connectivity index (χ2n) is 5.09. The fraction of sp³-hybridized carbons (Fsp3) is 0.385. The Labute approximate surface area is 107 Å². The van der Waals surface area contributed by atoms with Crippen LogP contribution in [0.3, 0.4) is 0 Å². The molecule has 0 aliphatic carbocycles. The monoisotopic (exact) mass is 246 g/mol. The Hall–Kier alpha value is -1.88. The van der Waals surface area contributed by atoms with Gasteiger partial charge in [0, 0.05) is 25.3 Å². The molecule has 0 amide bonds. The van der Waals surface area contributed by atoms with Crippen LogP contribution < -0.4 is 10.6 Å². The second kappa shape index (κ2) is 4.42. The predicted molar refractivity (Wildman–Crippen MR) is 71.3 cm³/mol.